The van der Waals surface area contributed by atoms with Gasteiger partial charge >= 0.3 is 0 Å². The highest BCUT2D eigenvalue weighted by Crippen LogP contribution is 2.31. The van der Waals surface area contributed by atoms with Gasteiger partial charge in [-0.3, -0.25) is 10.1 Å². The summed E-state index contributed by atoms with van der Waals surface area (Å²) in [5, 5.41) is 5.04. The zero-order valence-corrected chi connectivity index (χ0v) is 10.1. The van der Waals surface area contributed by atoms with Gasteiger partial charge in [-0.1, -0.05) is 12.1 Å². The average Bonchev–Trinajstić information content (AvgIpc) is 2.91. The highest BCUT2D eigenvalue weighted by Gasteiger charge is 2.27. The molecule has 0 saturated carbocycles. The first-order valence-electron chi connectivity index (χ1n) is 5.42. The maximum Gasteiger partial charge on any atom is 0.270 e. The fourth-order valence-corrected chi connectivity index (χ4v) is 2.15. The van der Waals surface area contributed by atoms with Gasteiger partial charge in [0, 0.05) is 11.6 Å². The Morgan fingerprint density at radius 1 is 1.39 bits per heavy atom. The summed E-state index contributed by atoms with van der Waals surface area (Å²) in [7, 11) is 0. The summed E-state index contributed by atoms with van der Waals surface area (Å²) in [4.78, 5) is 15.9. The highest BCUT2D eigenvalue weighted by molar-refractivity contribution is 7.13. The van der Waals surface area contributed by atoms with Crippen LogP contribution in [0.5, 0.6) is 11.5 Å². The third kappa shape index (κ3) is 2.14. The van der Waals surface area contributed by atoms with Crippen molar-refractivity contribution in [2.24, 2.45) is 0 Å². The van der Waals surface area contributed by atoms with Crippen molar-refractivity contribution in [3.8, 4) is 11.5 Å². The van der Waals surface area contributed by atoms with E-state index in [4.69, 9.17) is 9.47 Å². The molecule has 1 aromatic heterocycles. The number of rotatable bonds is 2. The van der Waals surface area contributed by atoms with Crippen molar-refractivity contribution in [3.05, 3.63) is 35.8 Å². The molecule has 2 aromatic rings. The van der Waals surface area contributed by atoms with Crippen LogP contribution < -0.4 is 14.8 Å². The number of carbonyl (C=O) groups is 1. The first-order valence-corrected chi connectivity index (χ1v) is 6.30. The zero-order valence-electron chi connectivity index (χ0n) is 9.33. The van der Waals surface area contributed by atoms with Gasteiger partial charge in [0.2, 0.25) is 6.10 Å². The smallest absolute Gasteiger partial charge is 0.270 e. The summed E-state index contributed by atoms with van der Waals surface area (Å²) in [6.45, 7) is 0.203. The number of hydrogen-bond donors (Lipinski definition) is 1. The van der Waals surface area contributed by atoms with Gasteiger partial charge in [0.15, 0.2) is 16.6 Å². The SMILES string of the molecule is O=C(Nc1nccs1)C1COc2ccccc2O1. The lowest BCUT2D eigenvalue weighted by Gasteiger charge is -2.25. The Kier molecular flexibility index (Phi) is 2.85. The van der Waals surface area contributed by atoms with E-state index in [1.165, 1.54) is 11.3 Å². The Morgan fingerprint density at radius 2 is 2.22 bits per heavy atom. The van der Waals surface area contributed by atoms with E-state index in [2.05, 4.69) is 10.3 Å². The number of ether oxygens (including phenoxy) is 2. The minimum Gasteiger partial charge on any atom is -0.485 e. The molecule has 18 heavy (non-hydrogen) atoms. The van der Waals surface area contributed by atoms with Crippen LogP contribution in [0.1, 0.15) is 0 Å². The van der Waals surface area contributed by atoms with Crippen LogP contribution in [0.25, 0.3) is 0 Å². The van der Waals surface area contributed by atoms with Crippen molar-refractivity contribution >= 4 is 22.4 Å². The maximum absolute atomic E-state index is 11.9. The first kappa shape index (κ1) is 11.0. The van der Waals surface area contributed by atoms with E-state index in [1.54, 1.807) is 17.6 Å². The second kappa shape index (κ2) is 4.66. The summed E-state index contributed by atoms with van der Waals surface area (Å²) in [6.07, 6.45) is 0.983. The van der Waals surface area contributed by atoms with E-state index in [0.717, 1.165) is 0 Å². The minimum atomic E-state index is -0.649. The molecule has 1 aliphatic heterocycles. The molecule has 1 N–H and O–H groups in total. The van der Waals surface area contributed by atoms with E-state index in [-0.39, 0.29) is 12.5 Å². The van der Waals surface area contributed by atoms with Gasteiger partial charge < -0.3 is 9.47 Å². The molecule has 2 heterocycles. The average molecular weight is 262 g/mol. The van der Waals surface area contributed by atoms with Crippen LogP contribution in [0.4, 0.5) is 5.13 Å². The summed E-state index contributed by atoms with van der Waals surface area (Å²) in [5.41, 5.74) is 0. The largest absolute Gasteiger partial charge is 0.485 e. The lowest BCUT2D eigenvalue weighted by Crippen LogP contribution is -2.40. The molecule has 1 aromatic carbocycles. The highest BCUT2D eigenvalue weighted by atomic mass is 32.1. The second-order valence-corrected chi connectivity index (χ2v) is 4.59. The maximum atomic E-state index is 11.9. The Morgan fingerprint density at radius 3 is 3.00 bits per heavy atom. The van der Waals surface area contributed by atoms with Crippen molar-refractivity contribution < 1.29 is 14.3 Å². The van der Waals surface area contributed by atoms with E-state index in [1.807, 2.05) is 18.2 Å². The van der Waals surface area contributed by atoms with Crippen LogP contribution >= 0.6 is 11.3 Å². The van der Waals surface area contributed by atoms with Crippen LogP contribution in [0.2, 0.25) is 0 Å². The van der Waals surface area contributed by atoms with Crippen LogP contribution in [0, 0.1) is 0 Å². The molecule has 3 rings (SSSR count). The molecule has 1 aliphatic rings. The molecular formula is C12H10N2O3S. The molecule has 0 fully saturated rings. The predicted octanol–water partition coefficient (Wildman–Crippen LogP) is 1.92. The molecule has 1 amide bonds. The second-order valence-electron chi connectivity index (χ2n) is 3.69. The summed E-state index contributed by atoms with van der Waals surface area (Å²) < 4.78 is 11.1. The molecular weight excluding hydrogens is 252 g/mol. The number of nitrogens with zero attached hydrogens (tertiary/aromatic N) is 1. The number of carbonyl (C=O) groups excluding carboxylic acids is 1. The molecule has 6 heteroatoms. The number of anilines is 1. The fraction of sp³-hybridized carbons (Fsp3) is 0.167. The number of fused-ring (bicyclic) bond motifs is 1. The summed E-state index contributed by atoms with van der Waals surface area (Å²) >= 11 is 1.36. The Bertz CT molecular complexity index is 556. The summed E-state index contributed by atoms with van der Waals surface area (Å²) in [6, 6.07) is 7.28. The van der Waals surface area contributed by atoms with Gasteiger partial charge in [-0.25, -0.2) is 4.98 Å². The topological polar surface area (TPSA) is 60.5 Å². The molecule has 5 nitrogen and oxygen atoms in total. The fourth-order valence-electron chi connectivity index (χ4n) is 1.62. The van der Waals surface area contributed by atoms with Gasteiger partial charge in [0.1, 0.15) is 6.61 Å². The number of aromatic nitrogens is 1. The molecule has 0 saturated heterocycles. The van der Waals surface area contributed by atoms with Crippen LogP contribution in [0.15, 0.2) is 35.8 Å². The number of nitrogens with one attached hydrogen (secondary N) is 1. The third-order valence-corrected chi connectivity index (χ3v) is 3.15. The van der Waals surface area contributed by atoms with Crippen LogP contribution in [-0.4, -0.2) is 23.6 Å². The predicted molar refractivity (Wildman–Crippen MR) is 67.1 cm³/mol. The first-order chi connectivity index (χ1) is 8.83. The number of para-hydroxylation sites is 2. The summed E-state index contributed by atoms with van der Waals surface area (Å²) in [5.74, 6) is 0.998. The van der Waals surface area contributed by atoms with Crippen LogP contribution in [0.3, 0.4) is 0 Å². The van der Waals surface area contributed by atoms with E-state index in [0.29, 0.717) is 16.6 Å². The monoisotopic (exact) mass is 262 g/mol. The van der Waals surface area contributed by atoms with E-state index < -0.39 is 6.10 Å². The molecule has 1 atom stereocenters. The lowest BCUT2D eigenvalue weighted by atomic mass is 10.2. The van der Waals surface area contributed by atoms with E-state index >= 15 is 0 Å². The lowest BCUT2D eigenvalue weighted by molar-refractivity contribution is -0.125. The van der Waals surface area contributed by atoms with Gasteiger partial charge in [-0.15, -0.1) is 11.3 Å². The number of amides is 1. The van der Waals surface area contributed by atoms with Gasteiger partial charge in [0.25, 0.3) is 5.91 Å². The molecule has 0 bridgehead atoms. The van der Waals surface area contributed by atoms with Gasteiger partial charge in [0.05, 0.1) is 0 Å². The molecule has 0 aliphatic carbocycles. The Hall–Kier alpha value is -2.08. The van der Waals surface area contributed by atoms with Crippen molar-refractivity contribution in [1.82, 2.24) is 4.98 Å². The minimum absolute atomic E-state index is 0.203. The van der Waals surface area contributed by atoms with Gasteiger partial charge in [-0.05, 0) is 12.1 Å². The number of thiazole rings is 1. The zero-order chi connectivity index (χ0) is 12.4. The van der Waals surface area contributed by atoms with Crippen LogP contribution in [-0.2, 0) is 4.79 Å². The van der Waals surface area contributed by atoms with Crippen molar-refractivity contribution in [3.63, 3.8) is 0 Å². The molecule has 92 valence electrons. The van der Waals surface area contributed by atoms with Crippen molar-refractivity contribution in [2.75, 3.05) is 11.9 Å². The normalized spacial score (nSPS) is 17.2. The standard InChI is InChI=1S/C12H10N2O3S/c15-11(14-12-13-5-6-18-12)10-7-16-8-3-1-2-4-9(8)17-10/h1-6,10H,7H2,(H,13,14,15). The Balaban J connectivity index is 1.70. The molecule has 0 spiro atoms. The third-order valence-electron chi connectivity index (χ3n) is 2.46. The number of benzene rings is 1. The quantitative estimate of drug-likeness (QED) is 0.898. The molecule has 1 unspecified atom stereocenters. The van der Waals surface area contributed by atoms with Crippen molar-refractivity contribution in [2.45, 2.75) is 6.10 Å². The Labute approximate surface area is 107 Å². The van der Waals surface area contributed by atoms with Crippen molar-refractivity contribution in [1.29, 1.82) is 0 Å². The van der Waals surface area contributed by atoms with E-state index in [9.17, 15) is 4.79 Å². The molecule has 0 radical (unpaired) electrons. The van der Waals surface area contributed by atoms with Gasteiger partial charge in [-0.2, -0.15) is 0 Å². The number of hydrogen-bond acceptors (Lipinski definition) is 5.